The van der Waals surface area contributed by atoms with Gasteiger partial charge in [0.15, 0.2) is 0 Å². The van der Waals surface area contributed by atoms with Gasteiger partial charge in [0.2, 0.25) is 0 Å². The number of nitrogens with one attached hydrogen (secondary N) is 1. The largest absolute Gasteiger partial charge is 0.416 e. The van der Waals surface area contributed by atoms with Crippen LogP contribution in [-0.2, 0) is 10.9 Å². The highest BCUT2D eigenvalue weighted by atomic mass is 32.1. The lowest BCUT2D eigenvalue weighted by Gasteiger charge is -2.28. The van der Waals surface area contributed by atoms with E-state index >= 15 is 0 Å². The van der Waals surface area contributed by atoms with Gasteiger partial charge >= 0.3 is 6.18 Å². The van der Waals surface area contributed by atoms with E-state index < -0.39 is 11.7 Å². The highest BCUT2D eigenvalue weighted by Gasteiger charge is 2.31. The number of aromatic nitrogens is 2. The molecule has 176 valence electrons. The van der Waals surface area contributed by atoms with E-state index in [-0.39, 0.29) is 5.91 Å². The Morgan fingerprint density at radius 2 is 1.79 bits per heavy atom. The van der Waals surface area contributed by atoms with Gasteiger partial charge in [-0.05, 0) is 55.5 Å². The number of thiophene rings is 1. The number of carbonyl (C=O) groups excluding carboxylic acids is 1. The Kier molecular flexibility index (Phi) is 5.78. The maximum Gasteiger partial charge on any atom is 0.416 e. The minimum Gasteiger partial charge on any atom is -0.378 e. The van der Waals surface area contributed by atoms with E-state index in [0.717, 1.165) is 36.3 Å². The zero-order chi connectivity index (χ0) is 23.9. The molecule has 10 heteroatoms. The van der Waals surface area contributed by atoms with E-state index in [0.29, 0.717) is 40.0 Å². The van der Waals surface area contributed by atoms with E-state index in [9.17, 15) is 18.0 Å². The summed E-state index contributed by atoms with van der Waals surface area (Å²) >= 11 is 1.19. The Labute approximate surface area is 197 Å². The maximum absolute atomic E-state index is 13.2. The minimum absolute atomic E-state index is 0.282. The molecule has 1 saturated heterocycles. The number of carbonyl (C=O) groups is 1. The number of hydrogen-bond acceptors (Lipinski definition) is 5. The summed E-state index contributed by atoms with van der Waals surface area (Å²) < 4.78 is 46.3. The molecule has 0 saturated carbocycles. The van der Waals surface area contributed by atoms with Crippen LogP contribution in [0.3, 0.4) is 0 Å². The Bertz CT molecular complexity index is 1340. The minimum atomic E-state index is -4.45. The van der Waals surface area contributed by atoms with Gasteiger partial charge < -0.3 is 15.0 Å². The second-order valence-electron chi connectivity index (χ2n) is 7.98. The molecule has 1 N–H and O–H groups in total. The predicted octanol–water partition coefficient (Wildman–Crippen LogP) is 5.50. The van der Waals surface area contributed by atoms with Crippen LogP contribution < -0.4 is 10.2 Å². The molecule has 1 aliphatic rings. The lowest BCUT2D eigenvalue weighted by atomic mass is 10.2. The van der Waals surface area contributed by atoms with E-state index in [4.69, 9.17) is 4.74 Å². The Balaban J connectivity index is 1.38. The van der Waals surface area contributed by atoms with Crippen molar-refractivity contribution in [2.45, 2.75) is 13.1 Å². The first kappa shape index (κ1) is 22.4. The fraction of sp³-hybridized carbons (Fsp3) is 0.250. The molecule has 0 unspecified atom stereocenters. The summed E-state index contributed by atoms with van der Waals surface area (Å²) in [7, 11) is 0. The molecule has 4 aromatic rings. The number of hydrogen-bond donors (Lipinski definition) is 1. The molecule has 0 bridgehead atoms. The molecule has 2 aromatic heterocycles. The Morgan fingerprint density at radius 1 is 1.06 bits per heavy atom. The van der Waals surface area contributed by atoms with E-state index in [1.807, 2.05) is 24.3 Å². The van der Waals surface area contributed by atoms with Crippen LogP contribution in [0.2, 0.25) is 0 Å². The van der Waals surface area contributed by atoms with Crippen molar-refractivity contribution >= 4 is 38.8 Å². The highest BCUT2D eigenvalue weighted by molar-refractivity contribution is 7.20. The molecule has 3 heterocycles. The zero-order valence-electron chi connectivity index (χ0n) is 18.2. The van der Waals surface area contributed by atoms with Crippen molar-refractivity contribution in [1.29, 1.82) is 0 Å². The van der Waals surface area contributed by atoms with E-state index in [2.05, 4.69) is 15.3 Å². The molecule has 0 aliphatic carbocycles. The summed E-state index contributed by atoms with van der Waals surface area (Å²) in [5.74, 6) is -0.282. The molecular weight excluding hydrogens is 465 g/mol. The Hall–Kier alpha value is -3.37. The number of halogens is 3. The van der Waals surface area contributed by atoms with E-state index in [1.165, 1.54) is 22.1 Å². The number of anilines is 2. The molecule has 1 amide bonds. The number of benzene rings is 2. The standard InChI is InChI=1S/C24H21F3N4O2S/c1-15-20-14-21(22(32)28-17-5-7-18(8-6-17)30-9-11-33-12-10-30)34-23(20)31(29-15)19-4-2-3-16(13-19)24(25,26)27/h2-8,13-14H,9-12H2,1H3,(H,28,32). The van der Waals surface area contributed by atoms with Crippen molar-refractivity contribution in [3.8, 4) is 5.69 Å². The number of aryl methyl sites for hydroxylation is 1. The number of morpholine rings is 1. The number of ether oxygens (including phenoxy) is 1. The van der Waals surface area contributed by atoms with Crippen molar-refractivity contribution in [2.75, 3.05) is 36.5 Å². The predicted molar refractivity (Wildman–Crippen MR) is 126 cm³/mol. The quantitative estimate of drug-likeness (QED) is 0.414. The third-order valence-corrected chi connectivity index (χ3v) is 6.80. The van der Waals surface area contributed by atoms with Crippen molar-refractivity contribution in [2.24, 2.45) is 0 Å². The topological polar surface area (TPSA) is 59.4 Å². The summed E-state index contributed by atoms with van der Waals surface area (Å²) in [6, 6.07) is 14.3. The second kappa shape index (κ2) is 8.77. The van der Waals surface area contributed by atoms with Gasteiger partial charge in [-0.25, -0.2) is 4.68 Å². The van der Waals surface area contributed by atoms with Crippen molar-refractivity contribution in [3.63, 3.8) is 0 Å². The number of alkyl halides is 3. The van der Waals surface area contributed by atoms with Crippen LogP contribution >= 0.6 is 11.3 Å². The Morgan fingerprint density at radius 3 is 2.50 bits per heavy atom. The number of amides is 1. The summed E-state index contributed by atoms with van der Waals surface area (Å²) in [6.45, 7) is 4.82. The van der Waals surface area contributed by atoms with Gasteiger partial charge in [-0.15, -0.1) is 11.3 Å². The maximum atomic E-state index is 13.2. The number of fused-ring (bicyclic) bond motifs is 1. The van der Waals surface area contributed by atoms with Gasteiger partial charge in [0, 0.05) is 29.9 Å². The molecule has 0 spiro atoms. The van der Waals surface area contributed by atoms with Gasteiger partial charge in [0.05, 0.1) is 35.0 Å². The number of nitrogens with zero attached hydrogens (tertiary/aromatic N) is 3. The van der Waals surface area contributed by atoms with Crippen LogP contribution in [0.25, 0.3) is 15.9 Å². The molecule has 34 heavy (non-hydrogen) atoms. The monoisotopic (exact) mass is 486 g/mol. The van der Waals surface area contributed by atoms with Crippen LogP contribution in [0.15, 0.2) is 54.6 Å². The molecule has 2 aromatic carbocycles. The third-order valence-electron chi connectivity index (χ3n) is 5.69. The molecule has 6 nitrogen and oxygen atoms in total. The van der Waals surface area contributed by atoms with Crippen LogP contribution in [0, 0.1) is 6.92 Å². The van der Waals surface area contributed by atoms with Crippen molar-refractivity contribution < 1.29 is 22.7 Å². The first-order valence-electron chi connectivity index (χ1n) is 10.7. The molecule has 5 rings (SSSR count). The summed E-state index contributed by atoms with van der Waals surface area (Å²) in [5.41, 5.74) is 1.91. The van der Waals surface area contributed by atoms with Crippen LogP contribution in [-0.4, -0.2) is 42.0 Å². The average Bonchev–Trinajstić information content (AvgIpc) is 3.40. The first-order valence-corrected chi connectivity index (χ1v) is 11.5. The lowest BCUT2D eigenvalue weighted by Crippen LogP contribution is -2.36. The smallest absolute Gasteiger partial charge is 0.378 e. The molecule has 1 fully saturated rings. The van der Waals surface area contributed by atoms with Gasteiger partial charge in [-0.3, -0.25) is 4.79 Å². The normalized spacial score (nSPS) is 14.5. The SMILES string of the molecule is Cc1nn(-c2cccc(C(F)(F)F)c2)c2sc(C(=O)Nc3ccc(N4CCOCC4)cc3)cc12. The van der Waals surface area contributed by atoms with Gasteiger partial charge in [0.1, 0.15) is 4.83 Å². The van der Waals surface area contributed by atoms with Crippen LogP contribution in [0.4, 0.5) is 24.5 Å². The third kappa shape index (κ3) is 4.38. The number of rotatable bonds is 4. The van der Waals surface area contributed by atoms with E-state index in [1.54, 1.807) is 19.1 Å². The fourth-order valence-electron chi connectivity index (χ4n) is 3.92. The summed E-state index contributed by atoms with van der Waals surface area (Å²) in [4.78, 5) is 16.2. The van der Waals surface area contributed by atoms with Crippen molar-refractivity contribution in [1.82, 2.24) is 9.78 Å². The van der Waals surface area contributed by atoms with Gasteiger partial charge in [0.25, 0.3) is 5.91 Å². The van der Waals surface area contributed by atoms with Gasteiger partial charge in [-0.2, -0.15) is 18.3 Å². The molecule has 1 aliphatic heterocycles. The summed E-state index contributed by atoms with van der Waals surface area (Å²) in [6.07, 6.45) is -4.45. The summed E-state index contributed by atoms with van der Waals surface area (Å²) in [5, 5.41) is 8.02. The molecular formula is C24H21F3N4O2S. The molecule has 0 atom stereocenters. The van der Waals surface area contributed by atoms with Crippen LogP contribution in [0.1, 0.15) is 20.9 Å². The lowest BCUT2D eigenvalue weighted by molar-refractivity contribution is -0.137. The van der Waals surface area contributed by atoms with Gasteiger partial charge in [-0.1, -0.05) is 6.07 Å². The second-order valence-corrected chi connectivity index (χ2v) is 9.01. The first-order chi connectivity index (χ1) is 16.3. The van der Waals surface area contributed by atoms with Crippen LogP contribution in [0.5, 0.6) is 0 Å². The fourth-order valence-corrected chi connectivity index (χ4v) is 5.00. The average molecular weight is 487 g/mol. The van der Waals surface area contributed by atoms with Crippen molar-refractivity contribution in [3.05, 3.63) is 70.7 Å². The zero-order valence-corrected chi connectivity index (χ0v) is 19.0. The molecule has 0 radical (unpaired) electrons. The highest BCUT2D eigenvalue weighted by Crippen LogP contribution is 2.34.